The van der Waals surface area contributed by atoms with Crippen molar-refractivity contribution in [3.05, 3.63) is 30.1 Å². The van der Waals surface area contributed by atoms with Crippen molar-refractivity contribution >= 4 is 21.7 Å². The third-order valence-electron chi connectivity index (χ3n) is 3.86. The molecule has 0 bridgehead atoms. The molecule has 1 aromatic rings. The Hall–Kier alpha value is -1.96. The normalized spacial score (nSPS) is 19.9. The molecule has 1 aliphatic heterocycles. The van der Waals surface area contributed by atoms with Crippen LogP contribution in [0.5, 0.6) is 0 Å². The summed E-state index contributed by atoms with van der Waals surface area (Å²) in [5, 5.41) is -1.30. The van der Waals surface area contributed by atoms with Crippen molar-refractivity contribution in [2.45, 2.75) is 23.5 Å². The average Bonchev–Trinajstić information content (AvgIpc) is 2.96. The SMILES string of the molecule is C[C@@H](C(=O)N1CC[C@H](C(N)=O)C1)S(=O)(=O)c1ccc(F)cc1. The molecule has 2 N–H and O–H groups in total. The lowest BCUT2D eigenvalue weighted by Gasteiger charge is -2.21. The highest BCUT2D eigenvalue weighted by atomic mass is 32.2. The van der Waals surface area contributed by atoms with Crippen LogP contribution in [0, 0.1) is 11.7 Å². The average molecular weight is 328 g/mol. The van der Waals surface area contributed by atoms with E-state index in [1.807, 2.05) is 0 Å². The van der Waals surface area contributed by atoms with Crippen molar-refractivity contribution in [2.24, 2.45) is 11.7 Å². The zero-order valence-corrected chi connectivity index (χ0v) is 12.8. The molecule has 2 amide bonds. The Balaban J connectivity index is 2.16. The maximum Gasteiger partial charge on any atom is 0.241 e. The topological polar surface area (TPSA) is 97.5 Å². The molecular formula is C14H17FN2O4S. The molecule has 2 atom stereocenters. The van der Waals surface area contributed by atoms with Gasteiger partial charge in [0.15, 0.2) is 9.84 Å². The first-order chi connectivity index (χ1) is 10.2. The Bertz CT molecular complexity index is 687. The Kier molecular flexibility index (Phi) is 4.50. The summed E-state index contributed by atoms with van der Waals surface area (Å²) in [6.45, 7) is 1.73. The number of benzene rings is 1. The van der Waals surface area contributed by atoms with Crippen LogP contribution >= 0.6 is 0 Å². The standard InChI is InChI=1S/C14H17FN2O4S/c1-9(14(19)17-7-6-10(8-17)13(16)18)22(20,21)12-4-2-11(15)3-5-12/h2-5,9-10H,6-8H2,1H3,(H2,16,18)/t9-,10-/m0/s1. The molecule has 1 fully saturated rings. The highest BCUT2D eigenvalue weighted by Gasteiger charge is 2.37. The van der Waals surface area contributed by atoms with Crippen LogP contribution in [0.25, 0.3) is 0 Å². The third kappa shape index (κ3) is 3.11. The lowest BCUT2D eigenvalue weighted by molar-refractivity contribution is -0.129. The largest absolute Gasteiger partial charge is 0.369 e. The summed E-state index contributed by atoms with van der Waals surface area (Å²) in [4.78, 5) is 24.7. The van der Waals surface area contributed by atoms with Gasteiger partial charge < -0.3 is 10.6 Å². The molecule has 0 spiro atoms. The maximum atomic E-state index is 12.9. The minimum Gasteiger partial charge on any atom is -0.369 e. The van der Waals surface area contributed by atoms with Crippen LogP contribution in [0.2, 0.25) is 0 Å². The summed E-state index contributed by atoms with van der Waals surface area (Å²) in [6, 6.07) is 4.32. The Morgan fingerprint density at radius 2 is 1.91 bits per heavy atom. The summed E-state index contributed by atoms with van der Waals surface area (Å²) < 4.78 is 37.7. The molecule has 1 saturated heterocycles. The van der Waals surface area contributed by atoms with Crippen LogP contribution in [-0.2, 0) is 19.4 Å². The van der Waals surface area contributed by atoms with Gasteiger partial charge in [0.25, 0.3) is 0 Å². The molecule has 1 aliphatic rings. The summed E-state index contributed by atoms with van der Waals surface area (Å²) >= 11 is 0. The number of hydrogen-bond donors (Lipinski definition) is 1. The molecule has 0 aromatic heterocycles. The van der Waals surface area contributed by atoms with Crippen LogP contribution in [0.1, 0.15) is 13.3 Å². The second-order valence-electron chi connectivity index (χ2n) is 5.31. The smallest absolute Gasteiger partial charge is 0.241 e. The van der Waals surface area contributed by atoms with E-state index < -0.39 is 38.6 Å². The fourth-order valence-electron chi connectivity index (χ4n) is 2.41. The van der Waals surface area contributed by atoms with Gasteiger partial charge in [0.1, 0.15) is 11.1 Å². The molecule has 0 radical (unpaired) electrons. The highest BCUT2D eigenvalue weighted by Crippen LogP contribution is 2.22. The molecule has 120 valence electrons. The highest BCUT2D eigenvalue weighted by molar-refractivity contribution is 7.92. The molecule has 8 heteroatoms. The van der Waals surface area contributed by atoms with E-state index >= 15 is 0 Å². The summed E-state index contributed by atoms with van der Waals surface area (Å²) in [6.07, 6.45) is 0.435. The number of carbonyl (C=O) groups is 2. The van der Waals surface area contributed by atoms with Gasteiger partial charge in [-0.1, -0.05) is 0 Å². The van der Waals surface area contributed by atoms with Crippen LogP contribution in [0.15, 0.2) is 29.2 Å². The zero-order valence-electron chi connectivity index (χ0n) is 12.0. The Morgan fingerprint density at radius 3 is 2.41 bits per heavy atom. The molecule has 22 heavy (non-hydrogen) atoms. The second kappa shape index (κ2) is 6.04. The number of hydrogen-bond acceptors (Lipinski definition) is 4. The molecule has 6 nitrogen and oxygen atoms in total. The van der Waals surface area contributed by atoms with Crippen LogP contribution in [0.3, 0.4) is 0 Å². The third-order valence-corrected chi connectivity index (χ3v) is 5.92. The molecule has 0 unspecified atom stereocenters. The predicted octanol–water partition coefficient (Wildman–Crippen LogP) is 0.322. The van der Waals surface area contributed by atoms with Gasteiger partial charge in [-0.2, -0.15) is 0 Å². The Morgan fingerprint density at radius 1 is 1.32 bits per heavy atom. The van der Waals surface area contributed by atoms with Crippen molar-refractivity contribution in [3.63, 3.8) is 0 Å². The fraction of sp³-hybridized carbons (Fsp3) is 0.429. The second-order valence-corrected chi connectivity index (χ2v) is 7.58. The number of nitrogens with two attached hydrogens (primary N) is 1. The number of sulfone groups is 1. The quantitative estimate of drug-likeness (QED) is 0.805. The summed E-state index contributed by atoms with van der Waals surface area (Å²) in [5.41, 5.74) is 5.20. The molecular weight excluding hydrogens is 311 g/mol. The van der Waals surface area contributed by atoms with Crippen LogP contribution in [0.4, 0.5) is 4.39 Å². The van der Waals surface area contributed by atoms with Gasteiger partial charge in [0.05, 0.1) is 10.8 Å². The number of primary amides is 1. The number of carbonyl (C=O) groups excluding carboxylic acids is 2. The first-order valence-electron chi connectivity index (χ1n) is 6.81. The van der Waals surface area contributed by atoms with Gasteiger partial charge in [0, 0.05) is 13.1 Å². The number of amides is 2. The number of halogens is 1. The van der Waals surface area contributed by atoms with Crippen molar-refractivity contribution in [3.8, 4) is 0 Å². The first kappa shape index (κ1) is 16.4. The first-order valence-corrected chi connectivity index (χ1v) is 8.35. The van der Waals surface area contributed by atoms with E-state index in [1.165, 1.54) is 11.8 Å². The van der Waals surface area contributed by atoms with E-state index in [9.17, 15) is 22.4 Å². The van der Waals surface area contributed by atoms with Gasteiger partial charge in [0.2, 0.25) is 11.8 Å². The Labute approximate surface area is 128 Å². The van der Waals surface area contributed by atoms with Crippen molar-refractivity contribution < 1.29 is 22.4 Å². The van der Waals surface area contributed by atoms with E-state index in [1.54, 1.807) is 0 Å². The van der Waals surface area contributed by atoms with Gasteiger partial charge in [-0.05, 0) is 37.6 Å². The lowest BCUT2D eigenvalue weighted by Crippen LogP contribution is -2.41. The van der Waals surface area contributed by atoms with Gasteiger partial charge in [-0.15, -0.1) is 0 Å². The molecule has 1 heterocycles. The molecule has 1 aromatic carbocycles. The van der Waals surface area contributed by atoms with Crippen LogP contribution in [-0.4, -0.2) is 43.5 Å². The predicted molar refractivity (Wildman–Crippen MR) is 76.9 cm³/mol. The number of likely N-dealkylation sites (tertiary alicyclic amines) is 1. The van der Waals surface area contributed by atoms with Crippen molar-refractivity contribution in [1.82, 2.24) is 4.90 Å². The van der Waals surface area contributed by atoms with E-state index in [2.05, 4.69) is 0 Å². The maximum absolute atomic E-state index is 12.9. The summed E-state index contributed by atoms with van der Waals surface area (Å²) in [5.74, 6) is -2.07. The minimum absolute atomic E-state index is 0.111. The van der Waals surface area contributed by atoms with Gasteiger partial charge in [-0.25, -0.2) is 12.8 Å². The van der Waals surface area contributed by atoms with Gasteiger partial charge in [-0.3, -0.25) is 9.59 Å². The summed E-state index contributed by atoms with van der Waals surface area (Å²) in [7, 11) is -3.90. The minimum atomic E-state index is -3.90. The number of nitrogens with zero attached hydrogens (tertiary/aromatic N) is 1. The molecule has 0 aliphatic carbocycles. The van der Waals surface area contributed by atoms with Crippen LogP contribution < -0.4 is 5.73 Å². The van der Waals surface area contributed by atoms with Crippen molar-refractivity contribution in [2.75, 3.05) is 13.1 Å². The molecule has 2 rings (SSSR count). The van der Waals surface area contributed by atoms with Crippen molar-refractivity contribution in [1.29, 1.82) is 0 Å². The fourth-order valence-corrected chi connectivity index (χ4v) is 3.75. The van der Waals surface area contributed by atoms with E-state index in [4.69, 9.17) is 5.73 Å². The number of rotatable bonds is 4. The molecule has 0 saturated carbocycles. The lowest BCUT2D eigenvalue weighted by atomic mass is 10.1. The zero-order chi connectivity index (χ0) is 16.5. The monoisotopic (exact) mass is 328 g/mol. The van der Waals surface area contributed by atoms with E-state index in [0.29, 0.717) is 13.0 Å². The van der Waals surface area contributed by atoms with Gasteiger partial charge >= 0.3 is 0 Å². The van der Waals surface area contributed by atoms with E-state index in [-0.39, 0.29) is 11.4 Å². The van der Waals surface area contributed by atoms with E-state index in [0.717, 1.165) is 24.3 Å².